The molecule has 2 nitrogen and oxygen atoms in total. The van der Waals surface area contributed by atoms with Gasteiger partial charge in [0, 0.05) is 27.9 Å². The molecule has 1 aromatic heterocycles. The maximum absolute atomic E-state index is 5.14. The van der Waals surface area contributed by atoms with E-state index in [0.29, 0.717) is 0 Å². The number of para-hydroxylation sites is 1. The first kappa shape index (κ1) is 29.3. The fraction of sp³-hybridized carbons (Fsp3) is 0.0465. The Balaban J connectivity index is 1.40. The smallest absolute Gasteiger partial charge is 0.0711 e. The molecule has 0 bridgehead atoms. The molecule has 0 atom stereocenters. The molecule has 0 unspecified atom stereocenters. The molecule has 45 heavy (non-hydrogen) atoms. The van der Waals surface area contributed by atoms with E-state index in [1.165, 1.54) is 5.39 Å². The van der Waals surface area contributed by atoms with Gasteiger partial charge in [0.15, 0.2) is 0 Å². The second kappa shape index (κ2) is 13.3. The zero-order chi connectivity index (χ0) is 31.2. The zero-order valence-corrected chi connectivity index (χ0v) is 25.8. The number of aliphatic imine (C=N–C) groups is 1. The number of aromatic nitrogens is 1. The summed E-state index contributed by atoms with van der Waals surface area (Å²) in [4.78, 5) is 5.14. The Morgan fingerprint density at radius 2 is 1.33 bits per heavy atom. The van der Waals surface area contributed by atoms with Crippen molar-refractivity contribution in [3.63, 3.8) is 0 Å². The minimum Gasteiger partial charge on any atom is -0.309 e. The summed E-state index contributed by atoms with van der Waals surface area (Å²) >= 11 is 0. The molecular weight excluding hydrogens is 544 g/mol. The summed E-state index contributed by atoms with van der Waals surface area (Å²) in [7, 11) is 0. The average molecular weight is 581 g/mol. The number of rotatable bonds is 9. The number of fused-ring (bicyclic) bond motifs is 1. The fourth-order valence-electron chi connectivity index (χ4n) is 5.77. The molecule has 6 rings (SSSR count). The third-order valence-corrected chi connectivity index (χ3v) is 8.03. The second-order valence-corrected chi connectivity index (χ2v) is 11.0. The van der Waals surface area contributed by atoms with Crippen molar-refractivity contribution in [1.82, 2.24) is 4.57 Å². The van der Waals surface area contributed by atoms with Crippen molar-refractivity contribution in [2.24, 2.45) is 4.99 Å². The quantitative estimate of drug-likeness (QED) is 0.120. The SMILES string of the molecule is C=Cc1c(/C=C\C)n(-c2ccc(-c3cccc(/C(=C/C(=C)c4ccccc4)N=C(C)c4ccccc4)c3)cc2)c2ccccc12. The van der Waals surface area contributed by atoms with Crippen LogP contribution in [0.25, 0.3) is 51.1 Å². The molecule has 0 amide bonds. The van der Waals surface area contributed by atoms with E-state index in [2.05, 4.69) is 140 Å². The zero-order valence-electron chi connectivity index (χ0n) is 25.8. The van der Waals surface area contributed by atoms with Crippen molar-refractivity contribution >= 4 is 40.0 Å². The van der Waals surface area contributed by atoms with Crippen LogP contribution in [0.1, 0.15) is 41.8 Å². The second-order valence-electron chi connectivity index (χ2n) is 11.0. The fourth-order valence-corrected chi connectivity index (χ4v) is 5.77. The maximum Gasteiger partial charge on any atom is 0.0711 e. The van der Waals surface area contributed by atoms with Crippen molar-refractivity contribution in [3.8, 4) is 16.8 Å². The van der Waals surface area contributed by atoms with Crippen LogP contribution in [0.2, 0.25) is 0 Å². The molecule has 0 fully saturated rings. The van der Waals surface area contributed by atoms with Crippen LogP contribution in [0.3, 0.4) is 0 Å². The summed E-state index contributed by atoms with van der Waals surface area (Å²) in [5.74, 6) is 0. The number of allylic oxidation sites excluding steroid dienone is 3. The first-order valence-corrected chi connectivity index (χ1v) is 15.2. The van der Waals surface area contributed by atoms with Crippen LogP contribution in [0.15, 0.2) is 164 Å². The van der Waals surface area contributed by atoms with Crippen molar-refractivity contribution in [2.45, 2.75) is 13.8 Å². The molecule has 6 aromatic rings. The van der Waals surface area contributed by atoms with Crippen LogP contribution in [-0.4, -0.2) is 10.3 Å². The van der Waals surface area contributed by atoms with Gasteiger partial charge in [0.1, 0.15) is 0 Å². The van der Waals surface area contributed by atoms with E-state index in [4.69, 9.17) is 4.99 Å². The molecule has 0 aliphatic heterocycles. The van der Waals surface area contributed by atoms with Crippen LogP contribution < -0.4 is 0 Å². The number of hydrogen-bond donors (Lipinski definition) is 0. The Labute approximate surface area is 266 Å². The van der Waals surface area contributed by atoms with Gasteiger partial charge in [0.05, 0.1) is 16.9 Å². The molecule has 1 heterocycles. The van der Waals surface area contributed by atoms with Crippen molar-refractivity contribution in [1.29, 1.82) is 0 Å². The summed E-state index contributed by atoms with van der Waals surface area (Å²) in [6, 6.07) is 46.4. The molecule has 0 aliphatic rings. The number of benzene rings is 5. The van der Waals surface area contributed by atoms with E-state index in [1.54, 1.807) is 0 Å². The Hall–Kier alpha value is -5.73. The molecule has 0 spiro atoms. The third-order valence-electron chi connectivity index (χ3n) is 8.03. The van der Waals surface area contributed by atoms with Crippen LogP contribution in [0.5, 0.6) is 0 Å². The summed E-state index contributed by atoms with van der Waals surface area (Å²) < 4.78 is 2.31. The van der Waals surface area contributed by atoms with Crippen LogP contribution >= 0.6 is 0 Å². The van der Waals surface area contributed by atoms with Gasteiger partial charge in [-0.25, -0.2) is 0 Å². The van der Waals surface area contributed by atoms with Gasteiger partial charge in [0.25, 0.3) is 0 Å². The summed E-state index contributed by atoms with van der Waals surface area (Å²) in [5.41, 5.74) is 12.7. The van der Waals surface area contributed by atoms with Gasteiger partial charge in [-0.05, 0) is 78.1 Å². The molecule has 0 saturated carbocycles. The Morgan fingerprint density at radius 1 is 0.689 bits per heavy atom. The highest BCUT2D eigenvalue weighted by Crippen LogP contribution is 2.33. The van der Waals surface area contributed by atoms with Crippen LogP contribution in [-0.2, 0) is 0 Å². The largest absolute Gasteiger partial charge is 0.309 e. The lowest BCUT2D eigenvalue weighted by molar-refractivity contribution is 1.10. The third kappa shape index (κ3) is 6.18. The van der Waals surface area contributed by atoms with Crippen molar-refractivity contribution in [2.75, 3.05) is 0 Å². The summed E-state index contributed by atoms with van der Waals surface area (Å²) in [5, 5.41) is 1.19. The van der Waals surface area contributed by atoms with Crippen molar-refractivity contribution < 1.29 is 0 Å². The van der Waals surface area contributed by atoms with Crippen molar-refractivity contribution in [3.05, 3.63) is 187 Å². The highest BCUT2D eigenvalue weighted by Gasteiger charge is 2.15. The van der Waals surface area contributed by atoms with Gasteiger partial charge in [-0.1, -0.05) is 135 Å². The Morgan fingerprint density at radius 3 is 2.02 bits per heavy atom. The Kier molecular flexibility index (Phi) is 8.66. The van der Waals surface area contributed by atoms with E-state index in [-0.39, 0.29) is 0 Å². The molecule has 218 valence electrons. The molecule has 0 N–H and O–H groups in total. The molecule has 5 aromatic carbocycles. The molecule has 2 heteroatoms. The van der Waals surface area contributed by atoms with Gasteiger partial charge in [0.2, 0.25) is 0 Å². The van der Waals surface area contributed by atoms with Crippen LogP contribution in [0, 0.1) is 0 Å². The maximum atomic E-state index is 5.14. The predicted molar refractivity (Wildman–Crippen MR) is 196 cm³/mol. The van der Waals surface area contributed by atoms with Gasteiger partial charge in [-0.3, -0.25) is 4.99 Å². The summed E-state index contributed by atoms with van der Waals surface area (Å²) in [6.07, 6.45) is 8.27. The van der Waals surface area contributed by atoms with Crippen LogP contribution in [0.4, 0.5) is 0 Å². The topological polar surface area (TPSA) is 17.3 Å². The first-order chi connectivity index (χ1) is 22.1. The molecular formula is C43H36N2. The van der Waals surface area contributed by atoms with E-state index in [9.17, 15) is 0 Å². The average Bonchev–Trinajstić information content (AvgIpc) is 3.41. The van der Waals surface area contributed by atoms with E-state index >= 15 is 0 Å². The Bertz CT molecular complexity index is 2070. The lowest BCUT2D eigenvalue weighted by Crippen LogP contribution is -1.97. The normalized spacial score (nSPS) is 12.1. The highest BCUT2D eigenvalue weighted by molar-refractivity contribution is 6.02. The van der Waals surface area contributed by atoms with Gasteiger partial charge in [-0.2, -0.15) is 0 Å². The van der Waals surface area contributed by atoms with E-state index in [0.717, 1.165) is 67.3 Å². The van der Waals surface area contributed by atoms with Gasteiger partial charge in [-0.15, -0.1) is 0 Å². The molecule has 0 aliphatic carbocycles. The number of nitrogens with zero attached hydrogens (tertiary/aromatic N) is 2. The monoisotopic (exact) mass is 580 g/mol. The van der Waals surface area contributed by atoms with Gasteiger partial charge < -0.3 is 4.57 Å². The van der Waals surface area contributed by atoms with E-state index < -0.39 is 0 Å². The first-order valence-electron chi connectivity index (χ1n) is 15.2. The number of hydrogen-bond acceptors (Lipinski definition) is 1. The van der Waals surface area contributed by atoms with E-state index in [1.807, 2.05) is 49.4 Å². The van der Waals surface area contributed by atoms with Gasteiger partial charge >= 0.3 is 0 Å². The summed E-state index contributed by atoms with van der Waals surface area (Å²) in [6.45, 7) is 12.6. The minimum absolute atomic E-state index is 0.871. The minimum atomic E-state index is 0.871. The molecule has 0 radical (unpaired) electrons. The lowest BCUT2D eigenvalue weighted by atomic mass is 9.99. The highest BCUT2D eigenvalue weighted by atomic mass is 15.0. The lowest BCUT2D eigenvalue weighted by Gasteiger charge is -2.12. The molecule has 0 saturated heterocycles. The standard InChI is InChI=1S/C43H36N2/c1-5-16-42-39(6-2)40-23-13-14-24-43(40)45(42)38-27-25-35(26-28-38)36-21-15-22-37(30-36)41(29-31(3)33-17-9-7-10-18-33)44-32(4)34-19-11-8-12-20-34/h5-30H,2-3H2,1,4H3/b16-5-,41-29-,44-32?. The predicted octanol–water partition coefficient (Wildman–Crippen LogP) is 11.5.